The minimum atomic E-state index is -4.05. The van der Waals surface area contributed by atoms with Crippen LogP contribution in [0.5, 0.6) is 0 Å². The molecule has 1 aliphatic rings. The minimum absolute atomic E-state index is 0.140. The number of rotatable bonds is 0. The van der Waals surface area contributed by atoms with E-state index in [0.717, 1.165) is 0 Å². The van der Waals surface area contributed by atoms with E-state index in [4.69, 9.17) is 0 Å². The summed E-state index contributed by atoms with van der Waals surface area (Å²) >= 11 is 0. The smallest absolute Gasteiger partial charge is 0.297 e. The van der Waals surface area contributed by atoms with Crippen LogP contribution in [0.1, 0.15) is 13.3 Å². The van der Waals surface area contributed by atoms with Gasteiger partial charge >= 0.3 is 6.18 Å². The van der Waals surface area contributed by atoms with Crippen molar-refractivity contribution >= 4 is 6.21 Å². The third kappa shape index (κ3) is 1.94. The Morgan fingerprint density at radius 2 is 2.09 bits per heavy atom. The molecule has 0 spiro atoms. The molecular formula is C7H10F3N. The van der Waals surface area contributed by atoms with Crippen molar-refractivity contribution in [1.29, 1.82) is 0 Å². The third-order valence-electron chi connectivity index (χ3n) is 1.96. The Morgan fingerprint density at radius 1 is 1.45 bits per heavy atom. The molecule has 0 aromatic rings. The van der Waals surface area contributed by atoms with Crippen LogP contribution in [-0.2, 0) is 0 Å². The lowest BCUT2D eigenvalue weighted by atomic mass is 9.89. The van der Waals surface area contributed by atoms with Gasteiger partial charge in [0, 0.05) is 18.7 Å². The van der Waals surface area contributed by atoms with Crippen molar-refractivity contribution in [1.82, 2.24) is 0 Å². The highest BCUT2D eigenvalue weighted by molar-refractivity contribution is 5.61. The highest BCUT2D eigenvalue weighted by Gasteiger charge is 2.42. The summed E-state index contributed by atoms with van der Waals surface area (Å²) in [5.74, 6) is -1.64. The Bertz CT molecular complexity index is 162. The van der Waals surface area contributed by atoms with Gasteiger partial charge in [0.15, 0.2) is 0 Å². The lowest BCUT2D eigenvalue weighted by Crippen LogP contribution is -2.32. The molecule has 0 aromatic carbocycles. The van der Waals surface area contributed by atoms with Crippen LogP contribution in [0.4, 0.5) is 13.2 Å². The Hall–Kier alpha value is -0.540. The molecule has 0 aromatic heterocycles. The maximum atomic E-state index is 12.1. The maximum Gasteiger partial charge on any atom is 0.392 e. The number of alkyl halides is 3. The summed E-state index contributed by atoms with van der Waals surface area (Å²) in [6.07, 6.45) is -2.51. The fraction of sp³-hybridized carbons (Fsp3) is 0.857. The zero-order valence-corrected chi connectivity index (χ0v) is 6.23. The summed E-state index contributed by atoms with van der Waals surface area (Å²) < 4.78 is 36.4. The monoisotopic (exact) mass is 165 g/mol. The van der Waals surface area contributed by atoms with Crippen molar-refractivity contribution in [3.63, 3.8) is 0 Å². The first-order valence-corrected chi connectivity index (χ1v) is 3.58. The van der Waals surface area contributed by atoms with Gasteiger partial charge in [-0.3, -0.25) is 4.99 Å². The lowest BCUT2D eigenvalue weighted by Gasteiger charge is -2.25. The van der Waals surface area contributed by atoms with Crippen molar-refractivity contribution in [3.8, 4) is 0 Å². The molecule has 0 saturated heterocycles. The number of hydrogen-bond donors (Lipinski definition) is 0. The van der Waals surface area contributed by atoms with Crippen molar-refractivity contribution < 1.29 is 13.2 Å². The highest BCUT2D eigenvalue weighted by Crippen LogP contribution is 2.35. The predicted molar refractivity (Wildman–Crippen MR) is 36.7 cm³/mol. The molecule has 0 radical (unpaired) electrons. The molecule has 4 heteroatoms. The molecule has 1 rings (SSSR count). The summed E-state index contributed by atoms with van der Waals surface area (Å²) in [6.45, 7) is 1.87. The van der Waals surface area contributed by atoms with Crippen molar-refractivity contribution in [2.45, 2.75) is 19.5 Å². The number of aliphatic imine (C=N–C) groups is 1. The van der Waals surface area contributed by atoms with Crippen LogP contribution in [0.3, 0.4) is 0 Å². The SMILES string of the molecule is CC1C=NCCC1C(F)(F)F. The van der Waals surface area contributed by atoms with Gasteiger partial charge in [-0.25, -0.2) is 0 Å². The van der Waals surface area contributed by atoms with E-state index in [9.17, 15) is 13.2 Å². The summed E-state index contributed by atoms with van der Waals surface area (Å²) in [5, 5.41) is 0. The second-order valence-electron chi connectivity index (χ2n) is 2.85. The third-order valence-corrected chi connectivity index (χ3v) is 1.96. The van der Waals surface area contributed by atoms with E-state index in [2.05, 4.69) is 4.99 Å². The average molecular weight is 165 g/mol. The molecule has 1 heterocycles. The summed E-state index contributed by atoms with van der Waals surface area (Å²) in [5.41, 5.74) is 0. The first kappa shape index (κ1) is 8.56. The Morgan fingerprint density at radius 3 is 2.45 bits per heavy atom. The van der Waals surface area contributed by atoms with Gasteiger partial charge in [-0.15, -0.1) is 0 Å². The molecule has 0 saturated carbocycles. The summed E-state index contributed by atoms with van der Waals surface area (Å²) in [7, 11) is 0. The molecular weight excluding hydrogens is 155 g/mol. The molecule has 1 aliphatic heterocycles. The molecule has 0 N–H and O–H groups in total. The van der Waals surface area contributed by atoms with Crippen molar-refractivity contribution in [3.05, 3.63) is 0 Å². The van der Waals surface area contributed by atoms with E-state index in [0.29, 0.717) is 6.54 Å². The minimum Gasteiger partial charge on any atom is -0.297 e. The van der Waals surface area contributed by atoms with Crippen LogP contribution in [0.2, 0.25) is 0 Å². The summed E-state index contributed by atoms with van der Waals surface area (Å²) in [6, 6.07) is 0. The van der Waals surface area contributed by atoms with Gasteiger partial charge in [-0.2, -0.15) is 13.2 Å². The van der Waals surface area contributed by atoms with E-state index < -0.39 is 18.0 Å². The van der Waals surface area contributed by atoms with E-state index in [1.807, 2.05) is 0 Å². The van der Waals surface area contributed by atoms with Gasteiger partial charge in [0.2, 0.25) is 0 Å². The molecule has 64 valence electrons. The molecule has 2 unspecified atom stereocenters. The topological polar surface area (TPSA) is 12.4 Å². The fourth-order valence-electron chi connectivity index (χ4n) is 1.28. The second-order valence-corrected chi connectivity index (χ2v) is 2.85. The zero-order valence-electron chi connectivity index (χ0n) is 6.23. The Balaban J connectivity index is 2.65. The van der Waals surface area contributed by atoms with E-state index in [-0.39, 0.29) is 6.42 Å². The Labute approximate surface area is 63.3 Å². The van der Waals surface area contributed by atoms with E-state index >= 15 is 0 Å². The number of nitrogens with zero attached hydrogens (tertiary/aromatic N) is 1. The largest absolute Gasteiger partial charge is 0.392 e. The van der Waals surface area contributed by atoms with Gasteiger partial charge in [0.25, 0.3) is 0 Å². The first-order chi connectivity index (χ1) is 5.02. The standard InChI is InChI=1S/C7H10F3N/c1-5-4-11-3-2-6(5)7(8,9)10/h4-6H,2-3H2,1H3. The van der Waals surface area contributed by atoms with E-state index in [1.54, 1.807) is 6.92 Å². The summed E-state index contributed by atoms with van der Waals surface area (Å²) in [4.78, 5) is 3.80. The van der Waals surface area contributed by atoms with Crippen LogP contribution in [-0.4, -0.2) is 18.9 Å². The van der Waals surface area contributed by atoms with Crippen molar-refractivity contribution in [2.24, 2.45) is 16.8 Å². The maximum absolute atomic E-state index is 12.1. The lowest BCUT2D eigenvalue weighted by molar-refractivity contribution is -0.183. The molecule has 0 amide bonds. The van der Waals surface area contributed by atoms with Crippen molar-refractivity contribution in [2.75, 3.05) is 6.54 Å². The predicted octanol–water partition coefficient (Wildman–Crippen LogP) is 2.28. The van der Waals surface area contributed by atoms with Gasteiger partial charge < -0.3 is 0 Å². The molecule has 0 fully saturated rings. The molecule has 0 bridgehead atoms. The molecule has 2 atom stereocenters. The van der Waals surface area contributed by atoms with Crippen LogP contribution in [0.25, 0.3) is 0 Å². The van der Waals surface area contributed by atoms with Gasteiger partial charge in [-0.1, -0.05) is 6.92 Å². The second kappa shape index (κ2) is 2.83. The quantitative estimate of drug-likeness (QED) is 0.522. The average Bonchev–Trinajstić information content (AvgIpc) is 1.86. The van der Waals surface area contributed by atoms with Gasteiger partial charge in [0.05, 0.1) is 5.92 Å². The first-order valence-electron chi connectivity index (χ1n) is 3.58. The Kier molecular flexibility index (Phi) is 2.20. The van der Waals surface area contributed by atoms with Gasteiger partial charge in [-0.05, 0) is 6.42 Å². The molecule has 0 aliphatic carbocycles. The zero-order chi connectivity index (χ0) is 8.48. The fourth-order valence-corrected chi connectivity index (χ4v) is 1.28. The van der Waals surface area contributed by atoms with Crippen LogP contribution < -0.4 is 0 Å². The normalized spacial score (nSPS) is 32.4. The van der Waals surface area contributed by atoms with E-state index in [1.165, 1.54) is 6.21 Å². The van der Waals surface area contributed by atoms with Crippen LogP contribution in [0, 0.1) is 11.8 Å². The van der Waals surface area contributed by atoms with Crippen LogP contribution in [0.15, 0.2) is 4.99 Å². The highest BCUT2D eigenvalue weighted by atomic mass is 19.4. The van der Waals surface area contributed by atoms with Crippen LogP contribution >= 0.6 is 0 Å². The number of halogens is 3. The number of hydrogen-bond acceptors (Lipinski definition) is 1. The molecule has 11 heavy (non-hydrogen) atoms. The van der Waals surface area contributed by atoms with Gasteiger partial charge in [0.1, 0.15) is 0 Å². The molecule has 1 nitrogen and oxygen atoms in total.